The van der Waals surface area contributed by atoms with Gasteiger partial charge in [0.2, 0.25) is 0 Å². The van der Waals surface area contributed by atoms with Gasteiger partial charge in [-0.1, -0.05) is 6.07 Å². The zero-order chi connectivity index (χ0) is 13.7. The Hall–Kier alpha value is -1.13. The Morgan fingerprint density at radius 3 is 2.68 bits per heavy atom. The zero-order valence-corrected chi connectivity index (χ0v) is 11.5. The van der Waals surface area contributed by atoms with Crippen LogP contribution in [0.2, 0.25) is 0 Å². The minimum atomic E-state index is -0.288. The fourth-order valence-electron chi connectivity index (χ4n) is 2.61. The minimum absolute atomic E-state index is 0.288. The molecule has 2 rings (SSSR count). The molecule has 0 atom stereocenters. The first-order chi connectivity index (χ1) is 9.19. The molecule has 3 N–H and O–H groups in total. The number of ether oxygens (including phenoxy) is 1. The molecule has 19 heavy (non-hydrogen) atoms. The van der Waals surface area contributed by atoms with Crippen LogP contribution in [0, 0.1) is 5.82 Å². The average Bonchev–Trinajstić information content (AvgIpc) is 2.41. The summed E-state index contributed by atoms with van der Waals surface area (Å²) in [5.41, 5.74) is 6.88. The van der Waals surface area contributed by atoms with Crippen LogP contribution in [-0.2, 0) is 6.42 Å². The van der Waals surface area contributed by atoms with Crippen LogP contribution in [0.5, 0.6) is 5.75 Å². The highest BCUT2D eigenvalue weighted by Gasteiger charge is 2.17. The Labute approximate surface area is 114 Å². The number of nitrogens with two attached hydrogens (primary N) is 1. The molecule has 1 fully saturated rings. The number of benzene rings is 1. The molecular formula is C15H23FN2O. The second-order valence-corrected chi connectivity index (χ2v) is 5.28. The lowest BCUT2D eigenvalue weighted by Gasteiger charge is -2.26. The van der Waals surface area contributed by atoms with Crippen molar-refractivity contribution in [2.45, 2.75) is 44.2 Å². The molecule has 1 aliphatic rings. The van der Waals surface area contributed by atoms with Gasteiger partial charge in [-0.05, 0) is 56.3 Å². The summed E-state index contributed by atoms with van der Waals surface area (Å²) in [5, 5.41) is 3.53. The zero-order valence-electron chi connectivity index (χ0n) is 11.5. The second kappa shape index (κ2) is 6.87. The predicted molar refractivity (Wildman–Crippen MR) is 74.9 cm³/mol. The Balaban J connectivity index is 1.75. The van der Waals surface area contributed by atoms with Crippen molar-refractivity contribution >= 4 is 0 Å². The predicted octanol–water partition coefficient (Wildman–Crippen LogP) is 2.24. The number of hydrogen-bond donors (Lipinski definition) is 2. The highest BCUT2D eigenvalue weighted by Crippen LogP contribution is 2.19. The van der Waals surface area contributed by atoms with Crippen molar-refractivity contribution in [1.29, 1.82) is 0 Å². The van der Waals surface area contributed by atoms with Gasteiger partial charge in [0.15, 0.2) is 11.6 Å². The Kier molecular flexibility index (Phi) is 5.16. The third-order valence-electron chi connectivity index (χ3n) is 3.83. The second-order valence-electron chi connectivity index (χ2n) is 5.28. The SMILES string of the molecule is COc1ccc(CCNC2CCC(N)CC2)cc1F. The molecule has 0 bridgehead atoms. The monoisotopic (exact) mass is 266 g/mol. The molecule has 4 heteroatoms. The third-order valence-corrected chi connectivity index (χ3v) is 3.83. The molecule has 0 spiro atoms. The van der Waals surface area contributed by atoms with Crippen LogP contribution in [0.3, 0.4) is 0 Å². The molecule has 1 saturated carbocycles. The van der Waals surface area contributed by atoms with Gasteiger partial charge >= 0.3 is 0 Å². The van der Waals surface area contributed by atoms with Gasteiger partial charge in [0.1, 0.15) is 0 Å². The summed E-state index contributed by atoms with van der Waals surface area (Å²) in [7, 11) is 1.48. The van der Waals surface area contributed by atoms with Crippen LogP contribution in [0.4, 0.5) is 4.39 Å². The van der Waals surface area contributed by atoms with Crippen molar-refractivity contribution < 1.29 is 9.13 Å². The smallest absolute Gasteiger partial charge is 0.165 e. The standard InChI is InChI=1S/C15H23FN2O/c1-19-15-7-2-11(10-14(15)16)8-9-18-13-5-3-12(17)4-6-13/h2,7,10,12-13,18H,3-6,8-9,17H2,1H3. The summed E-state index contributed by atoms with van der Waals surface area (Å²) in [5.74, 6) is 0.0154. The van der Waals surface area contributed by atoms with Crippen molar-refractivity contribution in [3.63, 3.8) is 0 Å². The maximum Gasteiger partial charge on any atom is 0.165 e. The molecule has 0 heterocycles. The lowest BCUT2D eigenvalue weighted by molar-refractivity contribution is 0.344. The molecule has 0 unspecified atom stereocenters. The molecule has 0 amide bonds. The van der Waals surface area contributed by atoms with E-state index < -0.39 is 0 Å². The quantitative estimate of drug-likeness (QED) is 0.859. The largest absolute Gasteiger partial charge is 0.494 e. The summed E-state index contributed by atoms with van der Waals surface area (Å²) in [6.45, 7) is 0.881. The number of methoxy groups -OCH3 is 1. The van der Waals surface area contributed by atoms with Gasteiger partial charge in [0.05, 0.1) is 7.11 Å². The first-order valence-corrected chi connectivity index (χ1v) is 7.00. The maximum absolute atomic E-state index is 13.5. The van der Waals surface area contributed by atoms with E-state index >= 15 is 0 Å². The number of nitrogens with one attached hydrogen (secondary N) is 1. The van der Waals surface area contributed by atoms with E-state index in [9.17, 15) is 4.39 Å². The summed E-state index contributed by atoms with van der Waals surface area (Å²) in [6.07, 6.45) is 5.35. The van der Waals surface area contributed by atoms with E-state index in [1.807, 2.05) is 6.07 Å². The molecule has 106 valence electrons. The van der Waals surface area contributed by atoms with Gasteiger partial charge in [0, 0.05) is 12.1 Å². The molecule has 0 radical (unpaired) electrons. The van der Waals surface area contributed by atoms with E-state index in [4.69, 9.17) is 10.5 Å². The van der Waals surface area contributed by atoms with Gasteiger partial charge in [-0.2, -0.15) is 0 Å². The Bertz CT molecular complexity index is 403. The number of hydrogen-bond acceptors (Lipinski definition) is 3. The molecule has 1 aromatic carbocycles. The van der Waals surface area contributed by atoms with Crippen LogP contribution < -0.4 is 15.8 Å². The van der Waals surface area contributed by atoms with Gasteiger partial charge < -0.3 is 15.8 Å². The summed E-state index contributed by atoms with van der Waals surface area (Å²) < 4.78 is 18.4. The lowest BCUT2D eigenvalue weighted by atomic mass is 9.92. The summed E-state index contributed by atoms with van der Waals surface area (Å²) in [6, 6.07) is 6.11. The van der Waals surface area contributed by atoms with Crippen LogP contribution in [0.25, 0.3) is 0 Å². The molecule has 0 aromatic heterocycles. The maximum atomic E-state index is 13.5. The first kappa shape index (κ1) is 14.3. The molecular weight excluding hydrogens is 243 g/mol. The van der Waals surface area contributed by atoms with Gasteiger partial charge in [-0.25, -0.2) is 4.39 Å². The molecule has 1 aromatic rings. The third kappa shape index (κ3) is 4.18. The van der Waals surface area contributed by atoms with Gasteiger partial charge in [-0.15, -0.1) is 0 Å². The lowest BCUT2D eigenvalue weighted by Crippen LogP contribution is -2.38. The topological polar surface area (TPSA) is 47.3 Å². The van der Waals surface area contributed by atoms with Crippen molar-refractivity contribution in [2.75, 3.05) is 13.7 Å². The van der Waals surface area contributed by atoms with E-state index in [0.29, 0.717) is 17.8 Å². The molecule has 1 aliphatic carbocycles. The fraction of sp³-hybridized carbons (Fsp3) is 0.600. The van der Waals surface area contributed by atoms with E-state index in [0.717, 1.165) is 44.2 Å². The van der Waals surface area contributed by atoms with Crippen LogP contribution in [-0.4, -0.2) is 25.7 Å². The number of rotatable bonds is 5. The molecule has 3 nitrogen and oxygen atoms in total. The van der Waals surface area contributed by atoms with Crippen molar-refractivity contribution in [3.8, 4) is 5.75 Å². The first-order valence-electron chi connectivity index (χ1n) is 7.00. The highest BCUT2D eigenvalue weighted by molar-refractivity contribution is 5.29. The van der Waals surface area contributed by atoms with Crippen LogP contribution in [0.15, 0.2) is 18.2 Å². The van der Waals surface area contributed by atoms with Crippen molar-refractivity contribution in [2.24, 2.45) is 5.73 Å². The molecule has 0 aliphatic heterocycles. The summed E-state index contributed by atoms with van der Waals surface area (Å²) in [4.78, 5) is 0. The van der Waals surface area contributed by atoms with Gasteiger partial charge in [-0.3, -0.25) is 0 Å². The van der Waals surface area contributed by atoms with E-state index in [1.165, 1.54) is 7.11 Å². The van der Waals surface area contributed by atoms with E-state index in [-0.39, 0.29) is 5.82 Å². The van der Waals surface area contributed by atoms with E-state index in [2.05, 4.69) is 5.32 Å². The van der Waals surface area contributed by atoms with Gasteiger partial charge in [0.25, 0.3) is 0 Å². The van der Waals surface area contributed by atoms with Crippen molar-refractivity contribution in [3.05, 3.63) is 29.6 Å². The Morgan fingerprint density at radius 1 is 1.32 bits per heavy atom. The van der Waals surface area contributed by atoms with E-state index in [1.54, 1.807) is 12.1 Å². The number of halogens is 1. The molecule has 0 saturated heterocycles. The highest BCUT2D eigenvalue weighted by atomic mass is 19.1. The van der Waals surface area contributed by atoms with Crippen LogP contribution >= 0.6 is 0 Å². The van der Waals surface area contributed by atoms with Crippen molar-refractivity contribution in [1.82, 2.24) is 5.32 Å². The summed E-state index contributed by atoms with van der Waals surface area (Å²) >= 11 is 0. The Morgan fingerprint density at radius 2 is 2.05 bits per heavy atom. The van der Waals surface area contributed by atoms with Crippen LogP contribution in [0.1, 0.15) is 31.2 Å². The minimum Gasteiger partial charge on any atom is -0.494 e. The fourth-order valence-corrected chi connectivity index (χ4v) is 2.61. The average molecular weight is 266 g/mol. The normalized spacial score (nSPS) is 23.3.